The summed E-state index contributed by atoms with van der Waals surface area (Å²) in [5.74, 6) is 1.49. The molecule has 1 aliphatic heterocycles. The summed E-state index contributed by atoms with van der Waals surface area (Å²) >= 11 is 6.28. The van der Waals surface area contributed by atoms with Gasteiger partial charge in [0.05, 0.1) is 17.3 Å². The number of benzene rings is 1. The number of hydrogen-bond acceptors (Lipinski definition) is 5. The number of carbonyl (C=O) groups excluding carboxylic acids is 1. The van der Waals surface area contributed by atoms with Crippen molar-refractivity contribution in [3.05, 3.63) is 41.3 Å². The Morgan fingerprint density at radius 3 is 2.74 bits per heavy atom. The zero-order chi connectivity index (χ0) is 21.8. The van der Waals surface area contributed by atoms with E-state index >= 15 is 0 Å². The quantitative estimate of drug-likeness (QED) is 0.499. The first kappa shape index (κ1) is 20.4. The number of alkyl halides is 1. The molecule has 2 aliphatic rings. The van der Waals surface area contributed by atoms with E-state index in [-0.39, 0.29) is 10.7 Å². The van der Waals surface area contributed by atoms with Crippen LogP contribution in [0.15, 0.2) is 30.5 Å². The van der Waals surface area contributed by atoms with Crippen LogP contribution in [0.5, 0.6) is 0 Å². The van der Waals surface area contributed by atoms with Gasteiger partial charge in [0.15, 0.2) is 5.65 Å². The minimum Gasteiger partial charge on any atom is -0.355 e. The number of nitrogens with zero attached hydrogens (tertiary/aromatic N) is 5. The Kier molecular flexibility index (Phi) is 4.96. The lowest BCUT2D eigenvalue weighted by Crippen LogP contribution is -2.60. The molecule has 162 valence electrons. The lowest BCUT2D eigenvalue weighted by Gasteiger charge is -2.54. The molecule has 1 saturated heterocycles. The van der Waals surface area contributed by atoms with Crippen LogP contribution in [-0.4, -0.2) is 38.6 Å². The zero-order valence-corrected chi connectivity index (χ0v) is 18.4. The van der Waals surface area contributed by atoms with E-state index in [4.69, 9.17) is 11.6 Å². The molecule has 3 heterocycles. The topological polar surface area (TPSA) is 63.9 Å². The summed E-state index contributed by atoms with van der Waals surface area (Å²) in [7, 11) is 0. The van der Waals surface area contributed by atoms with Crippen molar-refractivity contribution in [1.82, 2.24) is 19.7 Å². The van der Waals surface area contributed by atoms with Crippen LogP contribution >= 0.6 is 11.6 Å². The van der Waals surface area contributed by atoms with Gasteiger partial charge in [-0.1, -0.05) is 25.5 Å². The van der Waals surface area contributed by atoms with Crippen LogP contribution in [0, 0.1) is 11.3 Å². The molecular formula is C23H25ClFN5O. The molecule has 8 heteroatoms. The lowest BCUT2D eigenvalue weighted by atomic mass is 9.56. The van der Waals surface area contributed by atoms with E-state index in [1.165, 1.54) is 6.92 Å². The van der Waals surface area contributed by atoms with Gasteiger partial charge in [0.2, 0.25) is 5.28 Å². The minimum absolute atomic E-state index is 0.144. The first-order valence-corrected chi connectivity index (χ1v) is 11.2. The van der Waals surface area contributed by atoms with Crippen molar-refractivity contribution in [3.63, 3.8) is 0 Å². The number of hydrogen-bond donors (Lipinski definition) is 0. The molecule has 1 saturated carbocycles. The smallest absolute Gasteiger partial charge is 0.226 e. The molecule has 1 aliphatic carbocycles. The highest BCUT2D eigenvalue weighted by Crippen LogP contribution is 2.52. The van der Waals surface area contributed by atoms with E-state index in [9.17, 15) is 9.18 Å². The van der Waals surface area contributed by atoms with Gasteiger partial charge in [0.25, 0.3) is 0 Å². The minimum atomic E-state index is -1.07. The monoisotopic (exact) mass is 441 g/mol. The van der Waals surface area contributed by atoms with Crippen molar-refractivity contribution < 1.29 is 9.18 Å². The summed E-state index contributed by atoms with van der Waals surface area (Å²) in [6.07, 6.45) is 4.39. The number of Topliss-reactive ketones (excluding diaryl/α,β-unsaturated/α-hetero) is 1. The summed E-state index contributed by atoms with van der Waals surface area (Å²) in [6.45, 7) is 5.04. The molecule has 1 unspecified atom stereocenters. The third-order valence-corrected chi connectivity index (χ3v) is 7.21. The van der Waals surface area contributed by atoms with E-state index in [0.29, 0.717) is 29.3 Å². The molecule has 0 spiro atoms. The van der Waals surface area contributed by atoms with Crippen molar-refractivity contribution in [2.45, 2.75) is 45.7 Å². The fourth-order valence-electron chi connectivity index (χ4n) is 5.03. The van der Waals surface area contributed by atoms with E-state index in [2.05, 4.69) is 20.0 Å². The predicted octanol–water partition coefficient (Wildman–Crippen LogP) is 5.09. The highest BCUT2D eigenvalue weighted by molar-refractivity contribution is 6.28. The van der Waals surface area contributed by atoms with Crippen LogP contribution in [0.1, 0.15) is 51.3 Å². The second-order valence-corrected chi connectivity index (χ2v) is 9.05. The Morgan fingerprint density at radius 1 is 1.32 bits per heavy atom. The third kappa shape index (κ3) is 3.21. The molecule has 2 fully saturated rings. The van der Waals surface area contributed by atoms with Gasteiger partial charge in [0, 0.05) is 30.8 Å². The Hall–Kier alpha value is -2.54. The Morgan fingerprint density at radius 2 is 2.10 bits per heavy atom. The SMILES string of the molecule is CCC(=O)C1(C2CN(c3nc(Cl)nc4c3cnn4-c3cccc(C(C)F)c3)C2)CCC1. The lowest BCUT2D eigenvalue weighted by molar-refractivity contribution is -0.139. The van der Waals surface area contributed by atoms with E-state index in [1.807, 2.05) is 13.0 Å². The number of carbonyl (C=O) groups is 1. The normalized spacial score (nSPS) is 19.2. The fraction of sp³-hybridized carbons (Fsp3) is 0.478. The molecule has 0 N–H and O–H groups in total. The highest BCUT2D eigenvalue weighted by Gasteiger charge is 2.53. The standard InChI is InChI=1S/C23H25ClFN5O/c1-3-19(31)23(8-5-9-23)16-12-29(13-16)20-18-11-26-30(21(18)28-22(24)27-20)17-7-4-6-15(10-17)14(2)25/h4,6-7,10-11,14,16H,3,5,8-9,12-13H2,1-2H3. The summed E-state index contributed by atoms with van der Waals surface area (Å²) in [5, 5.41) is 5.44. The van der Waals surface area contributed by atoms with Gasteiger partial charge in [-0.15, -0.1) is 0 Å². The second-order valence-electron chi connectivity index (χ2n) is 8.71. The average Bonchev–Trinajstić information content (AvgIpc) is 3.11. The average molecular weight is 442 g/mol. The van der Waals surface area contributed by atoms with Gasteiger partial charge in [-0.2, -0.15) is 15.1 Å². The maximum absolute atomic E-state index is 13.8. The molecule has 31 heavy (non-hydrogen) atoms. The fourth-order valence-corrected chi connectivity index (χ4v) is 5.19. The van der Waals surface area contributed by atoms with E-state index in [1.54, 1.807) is 29.1 Å². The first-order chi connectivity index (χ1) is 14.9. The van der Waals surface area contributed by atoms with Crippen LogP contribution in [0.25, 0.3) is 16.7 Å². The van der Waals surface area contributed by atoms with Crippen LogP contribution < -0.4 is 4.90 Å². The summed E-state index contributed by atoms with van der Waals surface area (Å²) in [4.78, 5) is 23.6. The Balaban J connectivity index is 1.47. The third-order valence-electron chi connectivity index (χ3n) is 7.04. The maximum Gasteiger partial charge on any atom is 0.226 e. The van der Waals surface area contributed by atoms with Crippen LogP contribution in [0.2, 0.25) is 5.28 Å². The van der Waals surface area contributed by atoms with E-state index in [0.717, 1.165) is 49.2 Å². The number of anilines is 1. The molecule has 0 bridgehead atoms. The van der Waals surface area contributed by atoms with Crippen molar-refractivity contribution in [2.75, 3.05) is 18.0 Å². The molecule has 3 aromatic rings. The van der Waals surface area contributed by atoms with Gasteiger partial charge in [-0.25, -0.2) is 9.07 Å². The maximum atomic E-state index is 13.8. The van der Waals surface area contributed by atoms with Crippen LogP contribution in [-0.2, 0) is 4.79 Å². The second kappa shape index (κ2) is 7.55. The summed E-state index contributed by atoms with van der Waals surface area (Å²) in [6, 6.07) is 7.19. The van der Waals surface area contributed by atoms with Crippen LogP contribution in [0.4, 0.5) is 10.2 Å². The molecule has 0 amide bonds. The van der Waals surface area contributed by atoms with Crippen LogP contribution in [0.3, 0.4) is 0 Å². The number of halogens is 2. The Labute approximate surface area is 185 Å². The van der Waals surface area contributed by atoms with Gasteiger partial charge in [0.1, 0.15) is 17.8 Å². The predicted molar refractivity (Wildman–Crippen MR) is 118 cm³/mol. The molecule has 1 atom stereocenters. The highest BCUT2D eigenvalue weighted by atomic mass is 35.5. The van der Waals surface area contributed by atoms with Crippen molar-refractivity contribution >= 4 is 34.2 Å². The summed E-state index contributed by atoms with van der Waals surface area (Å²) in [5.41, 5.74) is 1.75. The van der Waals surface area contributed by atoms with E-state index < -0.39 is 6.17 Å². The number of rotatable bonds is 6. The van der Waals surface area contributed by atoms with Gasteiger partial charge in [-0.3, -0.25) is 4.79 Å². The van der Waals surface area contributed by atoms with Crippen molar-refractivity contribution in [2.24, 2.45) is 11.3 Å². The molecular weight excluding hydrogens is 417 g/mol. The van der Waals surface area contributed by atoms with Gasteiger partial charge in [-0.05, 0) is 49.1 Å². The molecule has 5 rings (SSSR count). The van der Waals surface area contributed by atoms with Gasteiger partial charge >= 0.3 is 0 Å². The zero-order valence-electron chi connectivity index (χ0n) is 17.7. The molecule has 2 aromatic heterocycles. The van der Waals surface area contributed by atoms with Crippen molar-refractivity contribution in [3.8, 4) is 5.69 Å². The molecule has 0 radical (unpaired) electrons. The number of aromatic nitrogens is 4. The molecule has 6 nitrogen and oxygen atoms in total. The number of ketones is 1. The first-order valence-electron chi connectivity index (χ1n) is 10.9. The van der Waals surface area contributed by atoms with Crippen molar-refractivity contribution in [1.29, 1.82) is 0 Å². The van der Waals surface area contributed by atoms with Gasteiger partial charge < -0.3 is 4.90 Å². The molecule has 1 aromatic carbocycles. The Bertz CT molecular complexity index is 1150. The largest absolute Gasteiger partial charge is 0.355 e. The number of fused-ring (bicyclic) bond motifs is 1. The summed E-state index contributed by atoms with van der Waals surface area (Å²) < 4.78 is 15.5.